The van der Waals surface area contributed by atoms with Gasteiger partial charge in [-0.05, 0) is 53.6 Å². The average molecular weight is 478 g/mol. The Hall–Kier alpha value is -3.82. The number of hydrogen-bond acceptors (Lipinski definition) is 5. The third kappa shape index (κ3) is 5.56. The highest BCUT2D eigenvalue weighted by Gasteiger charge is 2.29. The molecule has 10 heteroatoms. The topological polar surface area (TPSA) is 43.8 Å². The predicted octanol–water partition coefficient (Wildman–Crippen LogP) is 6.04. The lowest BCUT2D eigenvalue weighted by Gasteiger charge is -2.29. The zero-order valence-corrected chi connectivity index (χ0v) is 17.9. The van der Waals surface area contributed by atoms with Crippen LogP contribution in [0, 0.1) is 0 Å². The standard InChI is InChI=1S/C24H19F5N2O3/c1-32-18-9-5-17(6-10-18)31-12-16-4-11-21(33-14-24(27,28)29)30-22(16)20(13-31)15-2-7-19(8-3-15)34-23(25)26/h2-11,13,23H,12,14H2,1H3. The molecule has 0 atom stereocenters. The van der Waals surface area contributed by atoms with E-state index in [0.717, 1.165) is 11.3 Å². The third-order valence-electron chi connectivity index (χ3n) is 5.01. The second kappa shape index (κ2) is 9.58. The van der Waals surface area contributed by atoms with Gasteiger partial charge in [-0.15, -0.1) is 0 Å². The molecule has 0 bridgehead atoms. The zero-order valence-electron chi connectivity index (χ0n) is 17.9. The van der Waals surface area contributed by atoms with Gasteiger partial charge in [-0.1, -0.05) is 12.1 Å². The number of fused-ring (bicyclic) bond motifs is 1. The SMILES string of the molecule is COc1ccc(N2C=C(c3ccc(OC(F)F)cc3)c3nc(OCC(F)(F)F)ccc3C2)cc1. The quantitative estimate of drug-likeness (QED) is 0.388. The molecule has 2 heterocycles. The van der Waals surface area contributed by atoms with Crippen LogP contribution in [0.25, 0.3) is 5.57 Å². The summed E-state index contributed by atoms with van der Waals surface area (Å²) in [6, 6.07) is 16.3. The molecular weight excluding hydrogens is 459 g/mol. The Bertz CT molecular complexity index is 1160. The Morgan fingerprint density at radius 1 is 0.941 bits per heavy atom. The molecule has 0 amide bonds. The maximum atomic E-state index is 12.6. The first-order valence-electron chi connectivity index (χ1n) is 10.1. The van der Waals surface area contributed by atoms with Gasteiger partial charge in [0.1, 0.15) is 11.5 Å². The largest absolute Gasteiger partial charge is 0.497 e. The Morgan fingerprint density at radius 2 is 1.62 bits per heavy atom. The smallest absolute Gasteiger partial charge is 0.422 e. The lowest BCUT2D eigenvalue weighted by atomic mass is 9.96. The van der Waals surface area contributed by atoms with Gasteiger partial charge in [-0.2, -0.15) is 22.0 Å². The van der Waals surface area contributed by atoms with Crippen LogP contribution >= 0.6 is 0 Å². The molecule has 0 saturated carbocycles. The average Bonchev–Trinajstić information content (AvgIpc) is 2.82. The van der Waals surface area contributed by atoms with Crippen LogP contribution in [0.1, 0.15) is 16.8 Å². The van der Waals surface area contributed by atoms with E-state index in [1.807, 2.05) is 17.0 Å². The molecule has 2 aromatic carbocycles. The van der Waals surface area contributed by atoms with E-state index in [4.69, 9.17) is 9.47 Å². The van der Waals surface area contributed by atoms with Gasteiger partial charge >= 0.3 is 12.8 Å². The fourth-order valence-corrected chi connectivity index (χ4v) is 3.48. The molecule has 0 saturated heterocycles. The number of benzene rings is 2. The Kier molecular flexibility index (Phi) is 6.58. The van der Waals surface area contributed by atoms with Gasteiger partial charge in [0.05, 0.1) is 12.8 Å². The van der Waals surface area contributed by atoms with Crippen LogP contribution in [-0.4, -0.2) is 31.5 Å². The number of nitrogens with zero attached hydrogens (tertiary/aromatic N) is 2. The number of anilines is 1. The van der Waals surface area contributed by atoms with Crippen LogP contribution in [0.3, 0.4) is 0 Å². The van der Waals surface area contributed by atoms with E-state index in [9.17, 15) is 22.0 Å². The van der Waals surface area contributed by atoms with Crippen molar-refractivity contribution in [1.82, 2.24) is 4.98 Å². The molecule has 0 spiro atoms. The van der Waals surface area contributed by atoms with E-state index in [0.29, 0.717) is 29.1 Å². The van der Waals surface area contributed by atoms with Gasteiger partial charge in [0.15, 0.2) is 6.61 Å². The molecule has 3 aromatic rings. The minimum Gasteiger partial charge on any atom is -0.497 e. The van der Waals surface area contributed by atoms with Crippen molar-refractivity contribution < 1.29 is 36.2 Å². The molecular formula is C24H19F5N2O3. The minimum atomic E-state index is -4.50. The lowest BCUT2D eigenvalue weighted by Crippen LogP contribution is -2.23. The summed E-state index contributed by atoms with van der Waals surface area (Å²) in [5, 5.41) is 0. The van der Waals surface area contributed by atoms with Crippen LogP contribution in [0.4, 0.5) is 27.6 Å². The molecule has 0 fully saturated rings. The lowest BCUT2D eigenvalue weighted by molar-refractivity contribution is -0.154. The van der Waals surface area contributed by atoms with Gasteiger partial charge in [-0.25, -0.2) is 4.98 Å². The number of pyridine rings is 1. The summed E-state index contributed by atoms with van der Waals surface area (Å²) in [5.41, 5.74) is 3.23. The highest BCUT2D eigenvalue weighted by molar-refractivity contribution is 5.83. The fourth-order valence-electron chi connectivity index (χ4n) is 3.48. The van der Waals surface area contributed by atoms with E-state index in [2.05, 4.69) is 9.72 Å². The molecule has 4 rings (SSSR count). The van der Waals surface area contributed by atoms with Crippen LogP contribution in [0.15, 0.2) is 66.9 Å². The van der Waals surface area contributed by atoms with Crippen molar-refractivity contribution in [2.45, 2.75) is 19.3 Å². The van der Waals surface area contributed by atoms with Crippen molar-refractivity contribution in [3.8, 4) is 17.4 Å². The van der Waals surface area contributed by atoms with Crippen molar-refractivity contribution in [3.63, 3.8) is 0 Å². The predicted molar refractivity (Wildman–Crippen MR) is 115 cm³/mol. The highest BCUT2D eigenvalue weighted by Crippen LogP contribution is 2.35. The number of methoxy groups -OCH3 is 1. The maximum Gasteiger partial charge on any atom is 0.422 e. The van der Waals surface area contributed by atoms with Crippen LogP contribution in [0.2, 0.25) is 0 Å². The molecule has 34 heavy (non-hydrogen) atoms. The summed E-state index contributed by atoms with van der Waals surface area (Å²) in [5.74, 6) is 0.503. The normalized spacial score (nSPS) is 13.4. The number of hydrogen-bond donors (Lipinski definition) is 0. The molecule has 0 N–H and O–H groups in total. The van der Waals surface area contributed by atoms with Crippen molar-refractivity contribution in [1.29, 1.82) is 0 Å². The first kappa shape index (κ1) is 23.3. The van der Waals surface area contributed by atoms with E-state index in [1.54, 1.807) is 43.6 Å². The fraction of sp³-hybridized carbons (Fsp3) is 0.208. The molecule has 0 aliphatic carbocycles. The second-order valence-corrected chi connectivity index (χ2v) is 7.33. The first-order chi connectivity index (χ1) is 16.2. The summed E-state index contributed by atoms with van der Waals surface area (Å²) in [6.07, 6.45) is -2.70. The molecule has 1 aliphatic rings. The highest BCUT2D eigenvalue weighted by atomic mass is 19.4. The number of rotatable bonds is 7. The van der Waals surface area contributed by atoms with Gasteiger partial charge in [0, 0.05) is 30.1 Å². The number of halogens is 5. The summed E-state index contributed by atoms with van der Waals surface area (Å²) in [7, 11) is 1.57. The molecule has 5 nitrogen and oxygen atoms in total. The van der Waals surface area contributed by atoms with Crippen LogP contribution < -0.4 is 19.1 Å². The van der Waals surface area contributed by atoms with Gasteiger partial charge in [-0.3, -0.25) is 0 Å². The number of ether oxygens (including phenoxy) is 3. The van der Waals surface area contributed by atoms with Gasteiger partial charge < -0.3 is 19.1 Å². The Morgan fingerprint density at radius 3 is 2.24 bits per heavy atom. The first-order valence-corrected chi connectivity index (χ1v) is 10.1. The molecule has 1 aromatic heterocycles. The van der Waals surface area contributed by atoms with Gasteiger partial charge in [0.2, 0.25) is 5.88 Å². The molecule has 0 radical (unpaired) electrons. The number of aromatic nitrogens is 1. The summed E-state index contributed by atoms with van der Waals surface area (Å²) < 4.78 is 77.3. The van der Waals surface area contributed by atoms with E-state index < -0.39 is 19.4 Å². The summed E-state index contributed by atoms with van der Waals surface area (Å²) >= 11 is 0. The third-order valence-corrected chi connectivity index (χ3v) is 5.01. The van der Waals surface area contributed by atoms with Crippen LogP contribution in [0.5, 0.6) is 17.4 Å². The van der Waals surface area contributed by atoms with E-state index in [-0.39, 0.29) is 11.6 Å². The van der Waals surface area contributed by atoms with Crippen molar-refractivity contribution in [2.24, 2.45) is 0 Å². The van der Waals surface area contributed by atoms with Crippen molar-refractivity contribution >= 4 is 11.3 Å². The summed E-state index contributed by atoms with van der Waals surface area (Å²) in [6.45, 7) is -4.01. The Labute approximate surface area is 192 Å². The van der Waals surface area contributed by atoms with Crippen LogP contribution in [-0.2, 0) is 6.54 Å². The Balaban J connectivity index is 1.72. The monoisotopic (exact) mass is 478 g/mol. The molecule has 0 unspecified atom stereocenters. The van der Waals surface area contributed by atoms with E-state index in [1.165, 1.54) is 18.2 Å². The summed E-state index contributed by atoms with van der Waals surface area (Å²) in [4.78, 5) is 6.26. The molecule has 178 valence electrons. The van der Waals surface area contributed by atoms with Crippen molar-refractivity contribution in [3.05, 3.63) is 83.7 Å². The van der Waals surface area contributed by atoms with E-state index >= 15 is 0 Å². The second-order valence-electron chi connectivity index (χ2n) is 7.33. The minimum absolute atomic E-state index is 0.0161. The van der Waals surface area contributed by atoms with Gasteiger partial charge in [0.25, 0.3) is 0 Å². The zero-order chi connectivity index (χ0) is 24.3. The molecule has 1 aliphatic heterocycles. The maximum absolute atomic E-state index is 12.6. The number of alkyl halides is 5. The van der Waals surface area contributed by atoms with Crippen molar-refractivity contribution in [2.75, 3.05) is 18.6 Å².